The monoisotopic (exact) mass is 550 g/mol. The zero-order chi connectivity index (χ0) is 27.4. The number of rotatable bonds is 13. The predicted molar refractivity (Wildman–Crippen MR) is 154 cm³/mol. The first-order chi connectivity index (χ1) is 19.8. The molecule has 4 aliphatic rings. The lowest BCUT2D eigenvalue weighted by molar-refractivity contribution is -0.0749. The smallest absolute Gasteiger partial charge is 0.184 e. The Morgan fingerprint density at radius 1 is 0.600 bits per heavy atom. The van der Waals surface area contributed by atoms with Crippen molar-refractivity contribution < 1.29 is 28.4 Å². The number of benzene rings is 2. The topological polar surface area (TPSA) is 55.4 Å². The highest BCUT2D eigenvalue weighted by Gasteiger charge is 2.48. The van der Waals surface area contributed by atoms with Crippen LogP contribution in [0.5, 0.6) is 0 Å². The van der Waals surface area contributed by atoms with Gasteiger partial charge in [0, 0.05) is 22.1 Å². The normalized spacial score (nSPS) is 20.9. The molecule has 0 unspecified atom stereocenters. The lowest BCUT2D eigenvalue weighted by atomic mass is 9.68. The molecule has 3 saturated heterocycles. The molecule has 3 fully saturated rings. The van der Waals surface area contributed by atoms with E-state index in [2.05, 4.69) is 44.2 Å². The molecule has 0 atom stereocenters. The van der Waals surface area contributed by atoms with Crippen LogP contribution in [0.25, 0.3) is 11.1 Å². The van der Waals surface area contributed by atoms with Crippen LogP contribution in [0.4, 0.5) is 0 Å². The third kappa shape index (κ3) is 5.28. The van der Waals surface area contributed by atoms with E-state index in [0.717, 1.165) is 29.5 Å². The molecule has 1 aliphatic carbocycles. The molecule has 0 aromatic heterocycles. The highest BCUT2D eigenvalue weighted by Crippen LogP contribution is 2.59. The Morgan fingerprint density at radius 2 is 1.12 bits per heavy atom. The van der Waals surface area contributed by atoms with Crippen molar-refractivity contribution in [3.05, 3.63) is 58.1 Å². The lowest BCUT2D eigenvalue weighted by Gasteiger charge is -2.37. The van der Waals surface area contributed by atoms with Crippen molar-refractivity contribution >= 4 is 0 Å². The van der Waals surface area contributed by atoms with Gasteiger partial charge >= 0.3 is 0 Å². The first-order valence-electron chi connectivity index (χ1n) is 15.8. The quantitative estimate of drug-likeness (QED) is 0.235. The highest BCUT2D eigenvalue weighted by atomic mass is 16.7. The molecular formula is C34H46O6. The van der Waals surface area contributed by atoms with E-state index < -0.39 is 18.9 Å². The summed E-state index contributed by atoms with van der Waals surface area (Å²) >= 11 is 0. The Morgan fingerprint density at radius 3 is 1.70 bits per heavy atom. The first-order valence-corrected chi connectivity index (χ1v) is 15.8. The van der Waals surface area contributed by atoms with Gasteiger partial charge in [-0.2, -0.15) is 0 Å². The van der Waals surface area contributed by atoms with Crippen molar-refractivity contribution in [3.8, 4) is 11.1 Å². The van der Waals surface area contributed by atoms with Crippen LogP contribution in [0, 0.1) is 0 Å². The van der Waals surface area contributed by atoms with Gasteiger partial charge in [0.2, 0.25) is 0 Å². The Labute approximate surface area is 239 Å². The summed E-state index contributed by atoms with van der Waals surface area (Å²) in [4.78, 5) is 0. The molecule has 218 valence electrons. The van der Waals surface area contributed by atoms with Gasteiger partial charge in [0.25, 0.3) is 0 Å². The van der Waals surface area contributed by atoms with Crippen LogP contribution >= 0.6 is 0 Å². The summed E-state index contributed by atoms with van der Waals surface area (Å²) in [6, 6.07) is 11.4. The maximum atomic E-state index is 6.35. The molecule has 3 aliphatic heterocycles. The van der Waals surface area contributed by atoms with Crippen LogP contribution < -0.4 is 0 Å². The van der Waals surface area contributed by atoms with Gasteiger partial charge < -0.3 is 28.4 Å². The van der Waals surface area contributed by atoms with E-state index in [4.69, 9.17) is 28.4 Å². The van der Waals surface area contributed by atoms with E-state index in [9.17, 15) is 0 Å². The van der Waals surface area contributed by atoms with Crippen molar-refractivity contribution in [1.29, 1.82) is 0 Å². The molecule has 6 heteroatoms. The molecule has 6 nitrogen and oxygen atoms in total. The molecule has 3 heterocycles. The fraction of sp³-hybridized carbons (Fsp3) is 0.647. The molecule has 6 rings (SSSR count). The Kier molecular flexibility index (Phi) is 9.22. The minimum atomic E-state index is -0.488. The summed E-state index contributed by atoms with van der Waals surface area (Å²) in [7, 11) is 0. The number of unbranched alkanes of at least 4 members (excludes halogenated alkanes) is 6. The summed E-state index contributed by atoms with van der Waals surface area (Å²) in [5, 5.41) is 0. The molecule has 0 amide bonds. The number of fused-ring (bicyclic) bond motifs is 3. The zero-order valence-corrected chi connectivity index (χ0v) is 24.4. The minimum absolute atomic E-state index is 0.110. The van der Waals surface area contributed by atoms with Gasteiger partial charge in [-0.3, -0.25) is 0 Å². The molecule has 40 heavy (non-hydrogen) atoms. The summed E-state index contributed by atoms with van der Waals surface area (Å²) in [5.41, 5.74) is 8.37. The maximum absolute atomic E-state index is 6.35. The van der Waals surface area contributed by atoms with E-state index in [1.165, 1.54) is 73.6 Å². The summed E-state index contributed by atoms with van der Waals surface area (Å²) in [6.45, 7) is 8.03. The van der Waals surface area contributed by atoms with Gasteiger partial charge in [-0.05, 0) is 41.2 Å². The van der Waals surface area contributed by atoms with E-state index >= 15 is 0 Å². The van der Waals surface area contributed by atoms with Crippen molar-refractivity contribution in [1.82, 2.24) is 0 Å². The van der Waals surface area contributed by atoms with E-state index in [1.54, 1.807) is 0 Å². The summed E-state index contributed by atoms with van der Waals surface area (Å²) in [6.07, 6.45) is 10.7. The Hall–Kier alpha value is -1.80. The Bertz CT molecular complexity index is 1120. The van der Waals surface area contributed by atoms with Gasteiger partial charge in [0.05, 0.1) is 39.6 Å². The first kappa shape index (κ1) is 28.3. The van der Waals surface area contributed by atoms with Crippen LogP contribution in [0.15, 0.2) is 30.3 Å². The van der Waals surface area contributed by atoms with Crippen LogP contribution in [-0.4, -0.2) is 39.6 Å². The van der Waals surface area contributed by atoms with Gasteiger partial charge in [0.1, 0.15) is 0 Å². The standard InChI is InChI=1S/C34H46O6/c1-3-5-7-11-15-34(16-12-8-6-4-2)27-14-10-9-13-24(27)25-23-26(31-35-17-18-36-31)28(32-37-19-20-38-32)29(30(25)34)33-39-21-22-40-33/h9-10,13-14,23,31-33H,3-8,11-12,15-22H2,1-2H3. The molecule has 0 radical (unpaired) electrons. The van der Waals surface area contributed by atoms with E-state index in [-0.39, 0.29) is 5.41 Å². The second-order valence-corrected chi connectivity index (χ2v) is 11.7. The lowest BCUT2D eigenvalue weighted by Crippen LogP contribution is -2.29. The largest absolute Gasteiger partial charge is 0.346 e. The van der Waals surface area contributed by atoms with Crippen LogP contribution in [0.2, 0.25) is 0 Å². The van der Waals surface area contributed by atoms with Gasteiger partial charge in [-0.1, -0.05) is 89.5 Å². The van der Waals surface area contributed by atoms with Crippen LogP contribution in [-0.2, 0) is 33.8 Å². The number of hydrogen-bond acceptors (Lipinski definition) is 6. The minimum Gasteiger partial charge on any atom is -0.346 e. The third-order valence-corrected chi connectivity index (χ3v) is 9.16. The molecule has 0 bridgehead atoms. The van der Waals surface area contributed by atoms with Crippen LogP contribution in [0.3, 0.4) is 0 Å². The zero-order valence-electron chi connectivity index (χ0n) is 24.4. The molecule has 0 saturated carbocycles. The number of hydrogen-bond donors (Lipinski definition) is 0. The van der Waals surface area contributed by atoms with Crippen molar-refractivity contribution in [3.63, 3.8) is 0 Å². The van der Waals surface area contributed by atoms with Crippen molar-refractivity contribution in [2.24, 2.45) is 0 Å². The van der Waals surface area contributed by atoms with Crippen LogP contribution in [0.1, 0.15) is 125 Å². The van der Waals surface area contributed by atoms with Gasteiger partial charge in [-0.15, -0.1) is 0 Å². The van der Waals surface area contributed by atoms with E-state index in [0.29, 0.717) is 39.6 Å². The number of ether oxygens (including phenoxy) is 6. The van der Waals surface area contributed by atoms with Gasteiger partial charge in [-0.25, -0.2) is 0 Å². The van der Waals surface area contributed by atoms with Gasteiger partial charge in [0.15, 0.2) is 18.9 Å². The maximum Gasteiger partial charge on any atom is 0.184 e. The molecule has 0 N–H and O–H groups in total. The average molecular weight is 551 g/mol. The summed E-state index contributed by atoms with van der Waals surface area (Å²) in [5.74, 6) is 0. The van der Waals surface area contributed by atoms with Crippen molar-refractivity contribution in [2.75, 3.05) is 39.6 Å². The van der Waals surface area contributed by atoms with E-state index in [1.807, 2.05) is 0 Å². The molecule has 0 spiro atoms. The Balaban J connectivity index is 1.58. The predicted octanol–water partition coefficient (Wildman–Crippen LogP) is 8.03. The average Bonchev–Trinajstić information content (AvgIpc) is 3.81. The fourth-order valence-electron chi connectivity index (χ4n) is 7.38. The molecular weight excluding hydrogens is 504 g/mol. The third-order valence-electron chi connectivity index (χ3n) is 9.16. The summed E-state index contributed by atoms with van der Waals surface area (Å²) < 4.78 is 37.4. The van der Waals surface area contributed by atoms with Crippen molar-refractivity contribution in [2.45, 2.75) is 102 Å². The molecule has 2 aromatic carbocycles. The molecule has 2 aromatic rings. The highest BCUT2D eigenvalue weighted by molar-refractivity contribution is 5.84. The second kappa shape index (κ2) is 13.0. The fourth-order valence-corrected chi connectivity index (χ4v) is 7.38. The SMILES string of the molecule is CCCCCCC1(CCCCCC)c2ccccc2-c2cc(C3OCCO3)c(C3OCCO3)c(C3OCCO3)c21. The second-order valence-electron chi connectivity index (χ2n) is 11.7.